The zero-order valence-corrected chi connectivity index (χ0v) is 14.4. The summed E-state index contributed by atoms with van der Waals surface area (Å²) >= 11 is 0. The standard InChI is InChI=1S/C20H23N5/c1-3-7-15(8-4-1)16-10-12-24(13-16)19-18-20(22-14-21-19)25-11-6-2-5-9-17(25)23-18/h1,3-4,7-8,14,16H,2,5-6,9-13H2. The first-order valence-corrected chi connectivity index (χ1v) is 9.40. The van der Waals surface area contributed by atoms with E-state index in [1.807, 2.05) is 0 Å². The number of hydrogen-bond acceptors (Lipinski definition) is 4. The van der Waals surface area contributed by atoms with Crippen LogP contribution in [0.2, 0.25) is 0 Å². The zero-order chi connectivity index (χ0) is 16.6. The van der Waals surface area contributed by atoms with Crippen LogP contribution in [0.1, 0.15) is 43.0 Å². The van der Waals surface area contributed by atoms with E-state index in [9.17, 15) is 0 Å². The molecule has 5 rings (SSSR count). The fraction of sp³-hybridized carbons (Fsp3) is 0.450. The van der Waals surface area contributed by atoms with E-state index in [-0.39, 0.29) is 0 Å². The first-order chi connectivity index (χ1) is 12.4. The lowest BCUT2D eigenvalue weighted by Gasteiger charge is -2.17. The number of nitrogens with zero attached hydrogens (tertiary/aromatic N) is 5. The van der Waals surface area contributed by atoms with Gasteiger partial charge in [-0.05, 0) is 24.8 Å². The van der Waals surface area contributed by atoms with Crippen LogP contribution in [0.5, 0.6) is 0 Å². The van der Waals surface area contributed by atoms with E-state index in [1.165, 1.54) is 37.1 Å². The highest BCUT2D eigenvalue weighted by Gasteiger charge is 2.28. The molecule has 1 saturated heterocycles. The number of rotatable bonds is 2. The molecule has 1 aromatic carbocycles. The Balaban J connectivity index is 1.49. The summed E-state index contributed by atoms with van der Waals surface area (Å²) in [6.07, 6.45) is 7.68. The van der Waals surface area contributed by atoms with Crippen molar-refractivity contribution in [3.05, 3.63) is 48.0 Å². The molecule has 2 aliphatic rings. The molecule has 2 aliphatic heterocycles. The lowest BCUT2D eigenvalue weighted by Crippen LogP contribution is -2.21. The maximum atomic E-state index is 4.95. The first kappa shape index (κ1) is 14.9. The Kier molecular flexibility index (Phi) is 3.65. The van der Waals surface area contributed by atoms with Crippen LogP contribution < -0.4 is 4.90 Å². The van der Waals surface area contributed by atoms with Gasteiger partial charge in [-0.25, -0.2) is 15.0 Å². The minimum absolute atomic E-state index is 0.576. The summed E-state index contributed by atoms with van der Waals surface area (Å²) in [6.45, 7) is 3.08. The minimum atomic E-state index is 0.576. The van der Waals surface area contributed by atoms with Crippen molar-refractivity contribution in [3.8, 4) is 0 Å². The van der Waals surface area contributed by atoms with E-state index >= 15 is 0 Å². The summed E-state index contributed by atoms with van der Waals surface area (Å²) in [5.74, 6) is 2.78. The van der Waals surface area contributed by atoms with E-state index < -0.39 is 0 Å². The number of fused-ring (bicyclic) bond motifs is 3. The van der Waals surface area contributed by atoms with Crippen molar-refractivity contribution in [3.63, 3.8) is 0 Å². The van der Waals surface area contributed by atoms with E-state index in [0.717, 1.165) is 43.0 Å². The van der Waals surface area contributed by atoms with Crippen LogP contribution in [-0.2, 0) is 13.0 Å². The molecule has 0 N–H and O–H groups in total. The lowest BCUT2D eigenvalue weighted by molar-refractivity contribution is 0.643. The Morgan fingerprint density at radius 1 is 0.960 bits per heavy atom. The molecule has 0 bridgehead atoms. The number of hydrogen-bond donors (Lipinski definition) is 0. The quantitative estimate of drug-likeness (QED) is 0.719. The third-order valence-electron chi connectivity index (χ3n) is 5.63. The summed E-state index contributed by atoms with van der Waals surface area (Å²) in [6, 6.07) is 10.8. The molecule has 128 valence electrons. The second-order valence-corrected chi connectivity index (χ2v) is 7.20. The maximum Gasteiger partial charge on any atom is 0.165 e. The Morgan fingerprint density at radius 3 is 2.80 bits per heavy atom. The molecule has 25 heavy (non-hydrogen) atoms. The van der Waals surface area contributed by atoms with Crippen LogP contribution in [0, 0.1) is 0 Å². The van der Waals surface area contributed by atoms with Gasteiger partial charge in [0.05, 0.1) is 0 Å². The van der Waals surface area contributed by atoms with Gasteiger partial charge in [0.2, 0.25) is 0 Å². The van der Waals surface area contributed by atoms with Crippen molar-refractivity contribution >= 4 is 17.0 Å². The van der Waals surface area contributed by atoms with E-state index in [1.54, 1.807) is 6.33 Å². The summed E-state index contributed by atoms with van der Waals surface area (Å²) in [4.78, 5) is 16.5. The largest absolute Gasteiger partial charge is 0.354 e. The van der Waals surface area contributed by atoms with Gasteiger partial charge in [0, 0.05) is 32.0 Å². The molecular weight excluding hydrogens is 310 g/mol. The van der Waals surface area contributed by atoms with Crippen LogP contribution in [0.4, 0.5) is 5.82 Å². The predicted molar refractivity (Wildman–Crippen MR) is 98.9 cm³/mol. The van der Waals surface area contributed by atoms with Gasteiger partial charge in [-0.1, -0.05) is 36.8 Å². The van der Waals surface area contributed by atoms with Crippen LogP contribution in [0.25, 0.3) is 11.2 Å². The molecular formula is C20H23N5. The van der Waals surface area contributed by atoms with Crippen molar-refractivity contribution < 1.29 is 0 Å². The molecule has 5 nitrogen and oxygen atoms in total. The number of aryl methyl sites for hydroxylation is 2. The molecule has 3 aromatic rings. The zero-order valence-electron chi connectivity index (χ0n) is 14.4. The third-order valence-corrected chi connectivity index (χ3v) is 5.63. The minimum Gasteiger partial charge on any atom is -0.354 e. The molecule has 0 amide bonds. The Morgan fingerprint density at radius 2 is 1.88 bits per heavy atom. The fourth-order valence-electron chi connectivity index (χ4n) is 4.31. The van der Waals surface area contributed by atoms with Gasteiger partial charge in [0.25, 0.3) is 0 Å². The average Bonchev–Trinajstić information content (AvgIpc) is 3.21. The molecule has 1 fully saturated rings. The summed E-state index contributed by atoms with van der Waals surface area (Å²) < 4.78 is 2.32. The van der Waals surface area contributed by atoms with E-state index in [2.05, 4.69) is 49.8 Å². The Bertz CT molecular complexity index is 886. The van der Waals surface area contributed by atoms with Crippen molar-refractivity contribution in [2.75, 3.05) is 18.0 Å². The van der Waals surface area contributed by atoms with Gasteiger partial charge in [0.15, 0.2) is 17.0 Å². The van der Waals surface area contributed by atoms with Gasteiger partial charge in [-0.3, -0.25) is 0 Å². The predicted octanol–water partition coefficient (Wildman–Crippen LogP) is 3.55. The van der Waals surface area contributed by atoms with Crippen molar-refractivity contribution in [1.29, 1.82) is 0 Å². The van der Waals surface area contributed by atoms with Gasteiger partial charge in [-0.15, -0.1) is 0 Å². The Hall–Kier alpha value is -2.43. The SMILES string of the molecule is c1ccc(C2CCN(c3ncnc4c3nc3n4CCCCC3)C2)cc1. The van der Waals surface area contributed by atoms with Crippen molar-refractivity contribution in [2.24, 2.45) is 0 Å². The molecule has 4 heterocycles. The number of anilines is 1. The van der Waals surface area contributed by atoms with Gasteiger partial charge in [-0.2, -0.15) is 0 Å². The molecule has 0 radical (unpaired) electrons. The average molecular weight is 333 g/mol. The van der Waals surface area contributed by atoms with Gasteiger partial charge >= 0.3 is 0 Å². The number of imidazole rings is 1. The first-order valence-electron chi connectivity index (χ1n) is 9.40. The highest BCUT2D eigenvalue weighted by molar-refractivity contribution is 5.84. The fourth-order valence-corrected chi connectivity index (χ4v) is 4.31. The van der Waals surface area contributed by atoms with Crippen LogP contribution >= 0.6 is 0 Å². The molecule has 0 saturated carbocycles. The van der Waals surface area contributed by atoms with E-state index in [0.29, 0.717) is 5.92 Å². The summed E-state index contributed by atoms with van der Waals surface area (Å²) in [5, 5.41) is 0. The third kappa shape index (κ3) is 2.58. The summed E-state index contributed by atoms with van der Waals surface area (Å²) in [7, 11) is 0. The van der Waals surface area contributed by atoms with Gasteiger partial charge < -0.3 is 9.47 Å². The number of benzene rings is 1. The Labute approximate surface area is 147 Å². The van der Waals surface area contributed by atoms with E-state index in [4.69, 9.17) is 4.98 Å². The highest BCUT2D eigenvalue weighted by Crippen LogP contribution is 2.33. The monoisotopic (exact) mass is 333 g/mol. The lowest BCUT2D eigenvalue weighted by atomic mass is 9.99. The van der Waals surface area contributed by atoms with Crippen molar-refractivity contribution in [1.82, 2.24) is 19.5 Å². The molecule has 0 aliphatic carbocycles. The topological polar surface area (TPSA) is 46.8 Å². The van der Waals surface area contributed by atoms with Gasteiger partial charge in [0.1, 0.15) is 12.2 Å². The molecule has 2 aromatic heterocycles. The summed E-state index contributed by atoms with van der Waals surface area (Å²) in [5.41, 5.74) is 3.44. The molecule has 0 spiro atoms. The molecule has 1 atom stereocenters. The van der Waals surface area contributed by atoms with Crippen LogP contribution in [0.3, 0.4) is 0 Å². The van der Waals surface area contributed by atoms with Crippen molar-refractivity contribution in [2.45, 2.75) is 44.6 Å². The number of aromatic nitrogens is 4. The molecule has 5 heteroatoms. The van der Waals surface area contributed by atoms with Crippen LogP contribution in [0.15, 0.2) is 36.7 Å². The second kappa shape index (κ2) is 6.14. The normalized spacial score (nSPS) is 20.6. The van der Waals surface area contributed by atoms with Crippen LogP contribution in [-0.4, -0.2) is 32.6 Å². The highest BCUT2D eigenvalue weighted by atomic mass is 15.2. The maximum absolute atomic E-state index is 4.95. The smallest absolute Gasteiger partial charge is 0.165 e. The second-order valence-electron chi connectivity index (χ2n) is 7.20. The molecule has 1 unspecified atom stereocenters.